The van der Waals surface area contributed by atoms with Crippen LogP contribution in [0.5, 0.6) is 0 Å². The van der Waals surface area contributed by atoms with Crippen LogP contribution in [0.4, 0.5) is 14.5 Å². The van der Waals surface area contributed by atoms with Crippen molar-refractivity contribution in [1.82, 2.24) is 4.90 Å². The fourth-order valence-corrected chi connectivity index (χ4v) is 2.86. The number of benzene rings is 1. The van der Waals surface area contributed by atoms with Crippen molar-refractivity contribution in [2.75, 3.05) is 25.0 Å². The van der Waals surface area contributed by atoms with Crippen LogP contribution in [0.3, 0.4) is 0 Å². The summed E-state index contributed by atoms with van der Waals surface area (Å²) in [6.45, 7) is 5.01. The molecule has 0 bridgehead atoms. The van der Waals surface area contributed by atoms with Crippen molar-refractivity contribution in [2.45, 2.75) is 39.0 Å². The zero-order chi connectivity index (χ0) is 15.5. The van der Waals surface area contributed by atoms with Crippen molar-refractivity contribution in [3.8, 4) is 0 Å². The molecule has 116 valence electrons. The Kier molecular flexibility index (Phi) is 4.93. The highest BCUT2D eigenvalue weighted by Crippen LogP contribution is 2.37. The highest BCUT2D eigenvalue weighted by Gasteiger charge is 2.38. The average Bonchev–Trinajstić information content (AvgIpc) is 2.78. The minimum absolute atomic E-state index is 0.0180. The molecular formula is C16H22F2N2O. The predicted octanol–water partition coefficient (Wildman–Crippen LogP) is 3.40. The topological polar surface area (TPSA) is 32.3 Å². The van der Waals surface area contributed by atoms with Crippen LogP contribution in [0.25, 0.3) is 0 Å². The third-order valence-corrected chi connectivity index (χ3v) is 3.68. The van der Waals surface area contributed by atoms with Crippen molar-refractivity contribution >= 4 is 11.6 Å². The number of alkyl halides is 2. The first-order valence-corrected chi connectivity index (χ1v) is 7.50. The highest BCUT2D eigenvalue weighted by atomic mass is 19.3. The monoisotopic (exact) mass is 296 g/mol. The number of rotatable bonds is 7. The van der Waals surface area contributed by atoms with Gasteiger partial charge < -0.3 is 5.32 Å². The summed E-state index contributed by atoms with van der Waals surface area (Å²) in [6.07, 6.45) is 1.74. The Morgan fingerprint density at radius 1 is 1.24 bits per heavy atom. The molecule has 0 saturated carbocycles. The largest absolute Gasteiger partial charge is 0.326 e. The molecule has 1 aliphatic heterocycles. The molecule has 1 aromatic carbocycles. The number of halogens is 2. The summed E-state index contributed by atoms with van der Waals surface area (Å²) in [5.74, 6) is -3.16. The quantitative estimate of drug-likeness (QED) is 0.836. The molecule has 3 nitrogen and oxygen atoms in total. The van der Waals surface area contributed by atoms with E-state index >= 15 is 0 Å². The summed E-state index contributed by atoms with van der Waals surface area (Å²) >= 11 is 0. The van der Waals surface area contributed by atoms with Crippen LogP contribution in [0.15, 0.2) is 18.2 Å². The molecule has 5 heteroatoms. The normalized spacial score (nSPS) is 14.4. The van der Waals surface area contributed by atoms with Crippen LogP contribution < -0.4 is 5.32 Å². The zero-order valence-electron chi connectivity index (χ0n) is 12.6. The first kappa shape index (κ1) is 15.9. The second-order valence-corrected chi connectivity index (χ2v) is 5.54. The number of amides is 1. The predicted molar refractivity (Wildman–Crippen MR) is 79.7 cm³/mol. The van der Waals surface area contributed by atoms with Crippen LogP contribution >= 0.6 is 0 Å². The molecule has 21 heavy (non-hydrogen) atoms. The third-order valence-electron chi connectivity index (χ3n) is 3.68. The van der Waals surface area contributed by atoms with Crippen LogP contribution in [0.2, 0.25) is 0 Å². The van der Waals surface area contributed by atoms with Gasteiger partial charge in [-0.2, -0.15) is 8.78 Å². The lowest BCUT2D eigenvalue weighted by Crippen LogP contribution is -2.37. The standard InChI is InChI=1S/C16H22F2N2O/c1-3-8-20(9-4-2)11-16(17,18)13-6-5-7-14-12(13)10-15(21)19-14/h5-7H,3-4,8-11H2,1-2H3,(H,19,21). The lowest BCUT2D eigenvalue weighted by atomic mass is 9.98. The summed E-state index contributed by atoms with van der Waals surface area (Å²) < 4.78 is 29.3. The maximum absolute atomic E-state index is 14.7. The molecule has 0 aromatic heterocycles. The lowest BCUT2D eigenvalue weighted by molar-refractivity contribution is -0.115. The third kappa shape index (κ3) is 3.59. The second-order valence-electron chi connectivity index (χ2n) is 5.54. The van der Waals surface area contributed by atoms with Crippen molar-refractivity contribution in [3.63, 3.8) is 0 Å². The minimum atomic E-state index is -2.94. The number of nitrogens with one attached hydrogen (secondary N) is 1. The Morgan fingerprint density at radius 3 is 2.52 bits per heavy atom. The van der Waals surface area contributed by atoms with E-state index in [1.807, 2.05) is 13.8 Å². The highest BCUT2D eigenvalue weighted by molar-refractivity contribution is 5.99. The Morgan fingerprint density at radius 2 is 1.90 bits per heavy atom. The fourth-order valence-electron chi connectivity index (χ4n) is 2.86. The zero-order valence-corrected chi connectivity index (χ0v) is 12.6. The number of anilines is 1. The second kappa shape index (κ2) is 6.52. The molecule has 0 fully saturated rings. The van der Waals surface area contributed by atoms with Gasteiger partial charge in [-0.05, 0) is 37.6 Å². The molecular weight excluding hydrogens is 274 g/mol. The van der Waals surface area contributed by atoms with E-state index in [-0.39, 0.29) is 24.4 Å². The molecule has 1 aliphatic rings. The fraction of sp³-hybridized carbons (Fsp3) is 0.562. The molecule has 0 radical (unpaired) electrons. The van der Waals surface area contributed by atoms with Crippen LogP contribution in [0.1, 0.15) is 37.8 Å². The summed E-state index contributed by atoms with van der Waals surface area (Å²) in [5.41, 5.74) is 0.950. The Labute approximate surface area is 124 Å². The van der Waals surface area contributed by atoms with Crippen molar-refractivity contribution in [1.29, 1.82) is 0 Å². The lowest BCUT2D eigenvalue weighted by Gasteiger charge is -2.28. The number of hydrogen-bond acceptors (Lipinski definition) is 2. The van der Waals surface area contributed by atoms with E-state index in [0.717, 1.165) is 12.8 Å². The van der Waals surface area contributed by atoms with Gasteiger partial charge in [-0.15, -0.1) is 0 Å². The Hall–Kier alpha value is -1.49. The van der Waals surface area contributed by atoms with Gasteiger partial charge in [-0.25, -0.2) is 0 Å². The van der Waals surface area contributed by atoms with Crippen molar-refractivity contribution < 1.29 is 13.6 Å². The van der Waals surface area contributed by atoms with Gasteiger partial charge in [0.25, 0.3) is 5.92 Å². The first-order chi connectivity index (χ1) is 9.97. The van der Waals surface area contributed by atoms with Gasteiger partial charge in [-0.3, -0.25) is 9.69 Å². The number of fused-ring (bicyclic) bond motifs is 1. The Bertz CT molecular complexity index is 511. The van der Waals surface area contributed by atoms with Crippen molar-refractivity contribution in [2.24, 2.45) is 0 Å². The van der Waals surface area contributed by atoms with E-state index < -0.39 is 5.92 Å². The molecule has 2 rings (SSSR count). The van der Waals surface area contributed by atoms with E-state index in [2.05, 4.69) is 5.32 Å². The van der Waals surface area contributed by atoms with E-state index in [1.54, 1.807) is 17.0 Å². The molecule has 0 unspecified atom stereocenters. The van der Waals surface area contributed by atoms with Gasteiger partial charge >= 0.3 is 0 Å². The molecule has 0 aliphatic carbocycles. The van der Waals surface area contributed by atoms with Gasteiger partial charge in [-0.1, -0.05) is 26.0 Å². The first-order valence-electron chi connectivity index (χ1n) is 7.50. The maximum atomic E-state index is 14.7. The smallest absolute Gasteiger partial charge is 0.286 e. The Balaban J connectivity index is 2.23. The molecule has 0 saturated heterocycles. The van der Waals surface area contributed by atoms with E-state index in [0.29, 0.717) is 24.3 Å². The van der Waals surface area contributed by atoms with Gasteiger partial charge in [0.2, 0.25) is 5.91 Å². The van der Waals surface area contributed by atoms with Gasteiger partial charge in [0.05, 0.1) is 13.0 Å². The minimum Gasteiger partial charge on any atom is -0.326 e. The van der Waals surface area contributed by atoms with Crippen LogP contribution in [-0.2, 0) is 17.1 Å². The molecule has 1 N–H and O–H groups in total. The maximum Gasteiger partial charge on any atom is 0.286 e. The summed E-state index contributed by atoms with van der Waals surface area (Å²) in [6, 6.07) is 4.70. The van der Waals surface area contributed by atoms with Crippen LogP contribution in [-0.4, -0.2) is 30.4 Å². The SMILES string of the molecule is CCCN(CCC)CC(F)(F)c1cccc2c1CC(=O)N2. The van der Waals surface area contributed by atoms with E-state index in [1.165, 1.54) is 6.07 Å². The summed E-state index contributed by atoms with van der Waals surface area (Å²) in [4.78, 5) is 13.2. The summed E-state index contributed by atoms with van der Waals surface area (Å²) in [5, 5.41) is 2.63. The number of carbonyl (C=O) groups is 1. The number of carbonyl (C=O) groups excluding carboxylic acids is 1. The molecule has 1 amide bonds. The van der Waals surface area contributed by atoms with Gasteiger partial charge in [0.1, 0.15) is 0 Å². The molecule has 1 aromatic rings. The average molecular weight is 296 g/mol. The van der Waals surface area contributed by atoms with Gasteiger partial charge in [0, 0.05) is 11.3 Å². The van der Waals surface area contributed by atoms with Crippen molar-refractivity contribution in [3.05, 3.63) is 29.3 Å². The number of nitrogens with zero attached hydrogens (tertiary/aromatic N) is 1. The summed E-state index contributed by atoms with van der Waals surface area (Å²) in [7, 11) is 0. The molecule has 0 spiro atoms. The molecule has 0 atom stereocenters. The van der Waals surface area contributed by atoms with E-state index in [4.69, 9.17) is 0 Å². The van der Waals surface area contributed by atoms with Gasteiger partial charge in [0.15, 0.2) is 0 Å². The number of hydrogen-bond donors (Lipinski definition) is 1. The van der Waals surface area contributed by atoms with Crippen LogP contribution in [0, 0.1) is 0 Å². The van der Waals surface area contributed by atoms with E-state index in [9.17, 15) is 13.6 Å². The molecule has 1 heterocycles.